The minimum absolute atomic E-state index is 0.0748. The van der Waals surface area contributed by atoms with Gasteiger partial charge in [-0.1, -0.05) is 42.5 Å². The molecule has 1 aliphatic heterocycles. The normalized spacial score (nSPS) is 12.4. The molecule has 5 rings (SSSR count). The SMILES string of the molecule is O=c1c2cccnc2ncn1Cc1ccc(-c2cccc3c2C=NC3)cc1. The van der Waals surface area contributed by atoms with E-state index in [-0.39, 0.29) is 5.56 Å². The molecule has 0 N–H and O–H groups in total. The van der Waals surface area contributed by atoms with Crippen molar-refractivity contribution in [3.8, 4) is 11.1 Å². The molecule has 0 saturated carbocycles. The summed E-state index contributed by atoms with van der Waals surface area (Å²) < 4.78 is 1.62. The average Bonchev–Trinajstić information content (AvgIpc) is 3.20. The second-order valence-corrected chi connectivity index (χ2v) is 6.60. The lowest BCUT2D eigenvalue weighted by Crippen LogP contribution is -2.21. The third kappa shape index (κ3) is 2.73. The molecule has 1 aliphatic rings. The lowest BCUT2D eigenvalue weighted by atomic mass is 9.96. The minimum atomic E-state index is -0.0748. The first-order valence-electron chi connectivity index (χ1n) is 8.81. The van der Waals surface area contributed by atoms with Gasteiger partial charge >= 0.3 is 0 Å². The van der Waals surface area contributed by atoms with Gasteiger partial charge in [-0.2, -0.15) is 0 Å². The van der Waals surface area contributed by atoms with Gasteiger partial charge in [-0.15, -0.1) is 0 Å². The molecule has 0 aliphatic carbocycles. The summed E-state index contributed by atoms with van der Waals surface area (Å²) in [7, 11) is 0. The van der Waals surface area contributed by atoms with E-state index in [2.05, 4.69) is 57.4 Å². The van der Waals surface area contributed by atoms with Crippen LogP contribution in [0.25, 0.3) is 22.2 Å². The summed E-state index contributed by atoms with van der Waals surface area (Å²) in [6, 6.07) is 18.1. The van der Waals surface area contributed by atoms with E-state index in [0.717, 1.165) is 17.7 Å². The van der Waals surface area contributed by atoms with Crippen molar-refractivity contribution in [1.29, 1.82) is 0 Å². The van der Waals surface area contributed by atoms with E-state index >= 15 is 0 Å². The molecule has 2 aromatic heterocycles. The van der Waals surface area contributed by atoms with E-state index in [1.54, 1.807) is 29.2 Å². The topological polar surface area (TPSA) is 60.1 Å². The van der Waals surface area contributed by atoms with Gasteiger partial charge in [0, 0.05) is 18.0 Å². The maximum Gasteiger partial charge on any atom is 0.263 e. The molecule has 27 heavy (non-hydrogen) atoms. The second-order valence-electron chi connectivity index (χ2n) is 6.60. The zero-order chi connectivity index (χ0) is 18.2. The summed E-state index contributed by atoms with van der Waals surface area (Å²) in [6.45, 7) is 1.24. The van der Waals surface area contributed by atoms with Crippen LogP contribution >= 0.6 is 0 Å². The standard InChI is InChI=1S/C22H16N4O/c27-22-19-5-2-10-24-21(19)25-14-26(22)13-15-6-8-16(9-7-15)18-4-1-3-17-11-23-12-20(17)18/h1-10,12,14H,11,13H2. The van der Waals surface area contributed by atoms with Crippen LogP contribution in [0.4, 0.5) is 0 Å². The van der Waals surface area contributed by atoms with Crippen molar-refractivity contribution in [2.75, 3.05) is 0 Å². The Morgan fingerprint density at radius 1 is 0.963 bits per heavy atom. The monoisotopic (exact) mass is 352 g/mol. The smallest absolute Gasteiger partial charge is 0.263 e. The fraction of sp³-hybridized carbons (Fsp3) is 0.0909. The summed E-state index contributed by atoms with van der Waals surface area (Å²) in [5, 5.41) is 0.538. The number of fused-ring (bicyclic) bond motifs is 2. The highest BCUT2D eigenvalue weighted by Gasteiger charge is 2.12. The number of nitrogens with zero attached hydrogens (tertiary/aromatic N) is 4. The molecule has 5 nitrogen and oxygen atoms in total. The first kappa shape index (κ1) is 15.6. The van der Waals surface area contributed by atoms with Gasteiger partial charge < -0.3 is 0 Å². The van der Waals surface area contributed by atoms with Crippen LogP contribution in [0.3, 0.4) is 0 Å². The van der Waals surface area contributed by atoms with E-state index < -0.39 is 0 Å². The van der Waals surface area contributed by atoms with Crippen molar-refractivity contribution in [2.45, 2.75) is 13.1 Å². The molecular formula is C22H16N4O. The number of hydrogen-bond donors (Lipinski definition) is 0. The summed E-state index contributed by atoms with van der Waals surface area (Å²) >= 11 is 0. The Balaban J connectivity index is 1.47. The maximum absolute atomic E-state index is 12.6. The van der Waals surface area contributed by atoms with Crippen LogP contribution in [0.2, 0.25) is 0 Å². The Morgan fingerprint density at radius 2 is 1.85 bits per heavy atom. The van der Waals surface area contributed by atoms with E-state index in [9.17, 15) is 4.79 Å². The highest BCUT2D eigenvalue weighted by molar-refractivity contribution is 5.94. The van der Waals surface area contributed by atoms with Crippen molar-refractivity contribution >= 4 is 17.2 Å². The fourth-order valence-electron chi connectivity index (χ4n) is 3.49. The van der Waals surface area contributed by atoms with Crippen molar-refractivity contribution in [2.24, 2.45) is 4.99 Å². The van der Waals surface area contributed by atoms with E-state index in [4.69, 9.17) is 0 Å². The molecule has 2 aromatic carbocycles. The summed E-state index contributed by atoms with van der Waals surface area (Å²) in [6.07, 6.45) is 5.15. The highest BCUT2D eigenvalue weighted by atomic mass is 16.1. The second kappa shape index (κ2) is 6.29. The van der Waals surface area contributed by atoms with Crippen molar-refractivity contribution in [3.63, 3.8) is 0 Å². The first-order chi connectivity index (χ1) is 13.3. The number of pyridine rings is 1. The maximum atomic E-state index is 12.6. The molecule has 0 amide bonds. The summed E-state index contributed by atoms with van der Waals surface area (Å²) in [4.78, 5) is 25.4. The molecule has 0 fully saturated rings. The van der Waals surface area contributed by atoms with Gasteiger partial charge in [0.25, 0.3) is 5.56 Å². The van der Waals surface area contributed by atoms with Crippen LogP contribution in [0.5, 0.6) is 0 Å². The quantitative estimate of drug-likeness (QED) is 0.567. The Kier molecular flexibility index (Phi) is 3.64. The lowest BCUT2D eigenvalue weighted by molar-refractivity contribution is 0.747. The van der Waals surface area contributed by atoms with E-state index in [1.807, 2.05) is 6.21 Å². The number of hydrogen-bond acceptors (Lipinski definition) is 4. The van der Waals surface area contributed by atoms with Crippen LogP contribution in [-0.2, 0) is 13.1 Å². The largest absolute Gasteiger partial charge is 0.294 e. The third-order valence-electron chi connectivity index (χ3n) is 4.89. The average molecular weight is 352 g/mol. The molecule has 130 valence electrons. The van der Waals surface area contributed by atoms with Gasteiger partial charge in [-0.05, 0) is 34.4 Å². The Hall–Kier alpha value is -3.60. The van der Waals surface area contributed by atoms with Gasteiger partial charge in [-0.25, -0.2) is 9.97 Å². The summed E-state index contributed by atoms with van der Waals surface area (Å²) in [5.41, 5.74) is 6.26. The van der Waals surface area contributed by atoms with Gasteiger partial charge in [-0.3, -0.25) is 14.4 Å². The Labute approximate surface area is 155 Å². The van der Waals surface area contributed by atoms with Gasteiger partial charge in [0.1, 0.15) is 6.33 Å². The molecule has 0 unspecified atom stereocenters. The van der Waals surface area contributed by atoms with Crippen molar-refractivity contribution < 1.29 is 0 Å². The van der Waals surface area contributed by atoms with Gasteiger partial charge in [0.05, 0.1) is 18.5 Å². The summed E-state index contributed by atoms with van der Waals surface area (Å²) in [5.74, 6) is 0. The number of aliphatic imine (C=N–C) groups is 1. The van der Waals surface area contributed by atoms with E-state index in [1.165, 1.54) is 16.7 Å². The number of benzene rings is 2. The molecule has 0 bridgehead atoms. The van der Waals surface area contributed by atoms with Gasteiger partial charge in [0.15, 0.2) is 5.65 Å². The fourth-order valence-corrected chi connectivity index (χ4v) is 3.49. The molecule has 0 atom stereocenters. The third-order valence-corrected chi connectivity index (χ3v) is 4.89. The molecule has 0 spiro atoms. The number of rotatable bonds is 3. The predicted octanol–water partition coefficient (Wildman–Crippen LogP) is 3.44. The van der Waals surface area contributed by atoms with Crippen LogP contribution in [0.15, 0.2) is 76.9 Å². The van der Waals surface area contributed by atoms with Crippen molar-refractivity contribution in [3.05, 3.63) is 94.2 Å². The van der Waals surface area contributed by atoms with Crippen molar-refractivity contribution in [1.82, 2.24) is 14.5 Å². The molecule has 0 saturated heterocycles. The molecule has 4 aromatic rings. The Morgan fingerprint density at radius 3 is 2.74 bits per heavy atom. The van der Waals surface area contributed by atoms with Crippen LogP contribution < -0.4 is 5.56 Å². The molecule has 0 radical (unpaired) electrons. The minimum Gasteiger partial charge on any atom is -0.294 e. The highest BCUT2D eigenvalue weighted by Crippen LogP contribution is 2.28. The zero-order valence-corrected chi connectivity index (χ0v) is 14.5. The molecule has 3 heterocycles. The predicted molar refractivity (Wildman–Crippen MR) is 106 cm³/mol. The van der Waals surface area contributed by atoms with E-state index in [0.29, 0.717) is 17.6 Å². The molecule has 5 heteroatoms. The van der Waals surface area contributed by atoms with Crippen LogP contribution in [0.1, 0.15) is 16.7 Å². The van der Waals surface area contributed by atoms with Crippen LogP contribution in [0, 0.1) is 0 Å². The van der Waals surface area contributed by atoms with Crippen LogP contribution in [-0.4, -0.2) is 20.7 Å². The first-order valence-corrected chi connectivity index (χ1v) is 8.81. The molecular weight excluding hydrogens is 336 g/mol. The lowest BCUT2D eigenvalue weighted by Gasteiger charge is -2.09. The number of aromatic nitrogens is 3. The van der Waals surface area contributed by atoms with Gasteiger partial charge in [0.2, 0.25) is 0 Å². The Bertz CT molecular complexity index is 1240. The zero-order valence-electron chi connectivity index (χ0n) is 14.5.